The van der Waals surface area contributed by atoms with Gasteiger partial charge < -0.3 is 5.32 Å². The molecule has 1 heterocycles. The molecule has 0 radical (unpaired) electrons. The summed E-state index contributed by atoms with van der Waals surface area (Å²) in [5.41, 5.74) is 1.70. The molecule has 0 aliphatic heterocycles. The van der Waals surface area contributed by atoms with Crippen LogP contribution in [-0.4, -0.2) is 11.5 Å². The number of anilines is 1. The van der Waals surface area contributed by atoms with Crippen LogP contribution in [0.3, 0.4) is 0 Å². The topological polar surface area (TPSA) is 24.9 Å². The Morgan fingerprint density at radius 3 is 2.83 bits per heavy atom. The van der Waals surface area contributed by atoms with Crippen molar-refractivity contribution in [2.75, 3.05) is 11.9 Å². The van der Waals surface area contributed by atoms with Gasteiger partial charge in [0.15, 0.2) is 0 Å². The molecule has 0 saturated carbocycles. The molecule has 1 aromatic carbocycles. The predicted octanol–water partition coefficient (Wildman–Crippen LogP) is 4.29. The maximum Gasteiger partial charge on any atom is 0.125 e. The quantitative estimate of drug-likeness (QED) is 0.905. The van der Waals surface area contributed by atoms with Gasteiger partial charge >= 0.3 is 0 Å². The van der Waals surface area contributed by atoms with E-state index in [0.29, 0.717) is 21.7 Å². The number of hydrogen-bond acceptors (Lipinski definition) is 2. The Balaban J connectivity index is 1.99. The van der Waals surface area contributed by atoms with Crippen molar-refractivity contribution >= 4 is 33.2 Å². The lowest BCUT2D eigenvalue weighted by molar-refractivity contribution is 0.627. The van der Waals surface area contributed by atoms with Gasteiger partial charge in [0.05, 0.1) is 10.7 Å². The average molecular weight is 330 g/mol. The number of halogens is 3. The molecular weight excluding hydrogens is 319 g/mol. The van der Waals surface area contributed by atoms with Crippen LogP contribution in [0.4, 0.5) is 10.1 Å². The molecule has 0 amide bonds. The molecule has 0 fully saturated rings. The average Bonchev–Trinajstić information content (AvgIpc) is 2.34. The highest BCUT2D eigenvalue weighted by atomic mass is 79.9. The highest BCUT2D eigenvalue weighted by Gasteiger charge is 2.07. The Bertz CT molecular complexity index is 511. The first-order chi connectivity index (χ1) is 8.66. The lowest BCUT2D eigenvalue weighted by Crippen LogP contribution is -2.07. The van der Waals surface area contributed by atoms with E-state index in [0.717, 1.165) is 12.1 Å². The molecule has 0 bridgehead atoms. The minimum absolute atomic E-state index is 0.359. The number of nitrogens with zero attached hydrogens (tertiary/aromatic N) is 1. The molecule has 18 heavy (non-hydrogen) atoms. The van der Waals surface area contributed by atoms with Crippen molar-refractivity contribution in [3.05, 3.63) is 57.5 Å². The van der Waals surface area contributed by atoms with Crippen LogP contribution in [0, 0.1) is 5.82 Å². The second-order valence-corrected chi connectivity index (χ2v) is 5.00. The van der Waals surface area contributed by atoms with E-state index in [1.165, 1.54) is 12.1 Å². The Morgan fingerprint density at radius 2 is 2.17 bits per heavy atom. The van der Waals surface area contributed by atoms with Gasteiger partial charge in [-0.2, -0.15) is 0 Å². The fraction of sp³-hybridized carbons (Fsp3) is 0.154. The summed E-state index contributed by atoms with van der Waals surface area (Å²) in [7, 11) is 0. The van der Waals surface area contributed by atoms with E-state index in [1.54, 1.807) is 6.20 Å². The van der Waals surface area contributed by atoms with Gasteiger partial charge in [0, 0.05) is 29.3 Å². The van der Waals surface area contributed by atoms with Gasteiger partial charge in [-0.05, 0) is 40.2 Å². The van der Waals surface area contributed by atoms with Crippen LogP contribution < -0.4 is 5.32 Å². The van der Waals surface area contributed by atoms with Crippen molar-refractivity contribution in [2.45, 2.75) is 6.42 Å². The molecular formula is C13H11BrClFN2. The summed E-state index contributed by atoms with van der Waals surface area (Å²) in [6.07, 6.45) is 2.54. The SMILES string of the molecule is Fc1cc(Cl)c(NCCc2ccccn2)c(Br)c1. The van der Waals surface area contributed by atoms with Crippen molar-refractivity contribution in [1.29, 1.82) is 0 Å². The summed E-state index contributed by atoms with van der Waals surface area (Å²) in [5.74, 6) is -0.359. The number of aromatic nitrogens is 1. The van der Waals surface area contributed by atoms with Crippen LogP contribution in [0.5, 0.6) is 0 Å². The lowest BCUT2D eigenvalue weighted by atomic mass is 10.2. The van der Waals surface area contributed by atoms with Gasteiger partial charge in [-0.15, -0.1) is 0 Å². The van der Waals surface area contributed by atoms with Crippen LogP contribution in [0.15, 0.2) is 41.0 Å². The summed E-state index contributed by atoms with van der Waals surface area (Å²) in [5, 5.41) is 3.54. The van der Waals surface area contributed by atoms with Crippen molar-refractivity contribution in [2.24, 2.45) is 0 Å². The van der Waals surface area contributed by atoms with Crippen LogP contribution >= 0.6 is 27.5 Å². The maximum atomic E-state index is 13.0. The normalized spacial score (nSPS) is 10.4. The number of pyridine rings is 1. The lowest BCUT2D eigenvalue weighted by Gasteiger charge is -2.10. The standard InChI is InChI=1S/C13H11BrClFN2/c14-11-7-9(16)8-12(15)13(11)18-6-4-10-3-1-2-5-17-10/h1-3,5,7-8,18H,4,6H2. The van der Waals surface area contributed by atoms with Crippen LogP contribution in [-0.2, 0) is 6.42 Å². The molecule has 1 N–H and O–H groups in total. The Hall–Kier alpha value is -1.13. The first-order valence-electron chi connectivity index (χ1n) is 5.45. The summed E-state index contributed by atoms with van der Waals surface area (Å²) >= 11 is 9.25. The minimum atomic E-state index is -0.359. The van der Waals surface area contributed by atoms with E-state index in [9.17, 15) is 4.39 Å². The molecule has 94 valence electrons. The monoisotopic (exact) mass is 328 g/mol. The molecule has 0 unspecified atom stereocenters. The fourth-order valence-corrected chi connectivity index (χ4v) is 2.53. The second-order valence-electron chi connectivity index (χ2n) is 3.74. The third-order valence-corrected chi connectivity index (χ3v) is 3.34. The van der Waals surface area contributed by atoms with Crippen molar-refractivity contribution in [3.8, 4) is 0 Å². The largest absolute Gasteiger partial charge is 0.383 e. The molecule has 0 spiro atoms. The third-order valence-electron chi connectivity index (χ3n) is 2.42. The number of nitrogens with one attached hydrogen (secondary N) is 1. The molecule has 0 aliphatic rings. The zero-order chi connectivity index (χ0) is 13.0. The predicted molar refractivity (Wildman–Crippen MR) is 75.5 cm³/mol. The molecule has 0 atom stereocenters. The summed E-state index contributed by atoms with van der Waals surface area (Å²) in [6.45, 7) is 0.682. The molecule has 1 aromatic heterocycles. The van der Waals surface area contributed by atoms with Gasteiger partial charge in [-0.3, -0.25) is 4.98 Å². The van der Waals surface area contributed by atoms with Crippen molar-refractivity contribution < 1.29 is 4.39 Å². The Kier molecular flexibility index (Phi) is 4.55. The van der Waals surface area contributed by atoms with Gasteiger partial charge in [0.2, 0.25) is 0 Å². The summed E-state index contributed by atoms with van der Waals surface area (Å²) in [6, 6.07) is 8.46. The smallest absolute Gasteiger partial charge is 0.125 e. The summed E-state index contributed by atoms with van der Waals surface area (Å²) < 4.78 is 13.7. The van der Waals surface area contributed by atoms with Gasteiger partial charge in [-0.25, -0.2) is 4.39 Å². The highest BCUT2D eigenvalue weighted by molar-refractivity contribution is 9.10. The van der Waals surface area contributed by atoms with E-state index < -0.39 is 0 Å². The zero-order valence-electron chi connectivity index (χ0n) is 9.46. The summed E-state index contributed by atoms with van der Waals surface area (Å²) in [4.78, 5) is 4.22. The molecule has 2 aromatic rings. The third kappa shape index (κ3) is 3.43. The molecule has 2 rings (SSSR count). The highest BCUT2D eigenvalue weighted by Crippen LogP contribution is 2.31. The van der Waals surface area contributed by atoms with E-state index in [1.807, 2.05) is 18.2 Å². The van der Waals surface area contributed by atoms with E-state index in [2.05, 4.69) is 26.2 Å². The van der Waals surface area contributed by atoms with Gasteiger partial charge in [0.1, 0.15) is 5.82 Å². The first kappa shape index (κ1) is 13.3. The van der Waals surface area contributed by atoms with E-state index >= 15 is 0 Å². The molecule has 5 heteroatoms. The van der Waals surface area contributed by atoms with Crippen LogP contribution in [0.1, 0.15) is 5.69 Å². The van der Waals surface area contributed by atoms with Gasteiger partial charge in [0.25, 0.3) is 0 Å². The van der Waals surface area contributed by atoms with Crippen LogP contribution in [0.25, 0.3) is 0 Å². The van der Waals surface area contributed by atoms with Crippen molar-refractivity contribution in [1.82, 2.24) is 4.98 Å². The molecule has 0 saturated heterocycles. The second kappa shape index (κ2) is 6.16. The van der Waals surface area contributed by atoms with Crippen molar-refractivity contribution in [3.63, 3.8) is 0 Å². The fourth-order valence-electron chi connectivity index (χ4n) is 1.57. The number of hydrogen-bond donors (Lipinski definition) is 1. The van der Waals surface area contributed by atoms with Gasteiger partial charge in [-0.1, -0.05) is 17.7 Å². The maximum absolute atomic E-state index is 13.0. The van der Waals surface area contributed by atoms with E-state index in [-0.39, 0.29) is 5.82 Å². The first-order valence-corrected chi connectivity index (χ1v) is 6.62. The molecule has 0 aliphatic carbocycles. The Labute approximate surface area is 118 Å². The minimum Gasteiger partial charge on any atom is -0.383 e. The zero-order valence-corrected chi connectivity index (χ0v) is 11.8. The Morgan fingerprint density at radius 1 is 1.33 bits per heavy atom. The number of rotatable bonds is 4. The van der Waals surface area contributed by atoms with E-state index in [4.69, 9.17) is 11.6 Å². The molecule has 2 nitrogen and oxygen atoms in total. The van der Waals surface area contributed by atoms with Crippen LogP contribution in [0.2, 0.25) is 5.02 Å². The number of benzene rings is 1.